The Balaban J connectivity index is 0. The number of rotatable bonds is 22. The minimum Gasteiger partial charge on any atom is -0.480 e. The van der Waals surface area contributed by atoms with Crippen molar-refractivity contribution >= 4 is 30.3 Å². The van der Waals surface area contributed by atoms with E-state index < -0.39 is 29.9 Å². The summed E-state index contributed by atoms with van der Waals surface area (Å²) in [4.78, 5) is 35.0. The number of unbranched alkanes of at least 4 members (excludes halogenated alkanes) is 12. The molecule has 0 aromatic heterocycles. The average Bonchev–Trinajstić information content (AvgIpc) is 2.78. The Kier molecular flexibility index (Phi) is 24.0. The van der Waals surface area contributed by atoms with E-state index in [0.717, 1.165) is 25.7 Å². The SMILES string of the molecule is CCCCCCCCCCCCCCCC(CC)OC(=O)CC[C@@H](NC(=O)[C@H](C)N)C(=O)O.Cl. The van der Waals surface area contributed by atoms with Crippen LogP contribution in [0.25, 0.3) is 0 Å². The molecule has 1 amide bonds. The summed E-state index contributed by atoms with van der Waals surface area (Å²) in [5.41, 5.74) is 5.45. The Labute approximate surface area is 213 Å². The first-order chi connectivity index (χ1) is 15.8. The maximum atomic E-state index is 12.1. The molecule has 1 unspecified atom stereocenters. The molecule has 8 heteroatoms. The van der Waals surface area contributed by atoms with Gasteiger partial charge >= 0.3 is 11.9 Å². The number of carbonyl (C=O) groups excluding carboxylic acids is 2. The third-order valence-corrected chi connectivity index (χ3v) is 6.05. The standard InChI is InChI=1S/C26H50N2O5.ClH/c1-4-6-7-8-9-10-11-12-13-14-15-16-17-18-22(5-2)33-24(29)20-19-23(26(31)32)28-25(30)21(3)27;/h21-23H,4-20,27H2,1-3H3,(H,28,30)(H,31,32);1H/t21-,22?,23+;/m0./s1. The number of halogens is 1. The normalized spacial score (nSPS) is 13.4. The summed E-state index contributed by atoms with van der Waals surface area (Å²) in [6.07, 6.45) is 18.3. The number of nitrogens with one attached hydrogen (secondary N) is 1. The minimum absolute atomic E-state index is 0. The molecule has 0 aliphatic heterocycles. The van der Waals surface area contributed by atoms with Gasteiger partial charge in [-0.05, 0) is 32.6 Å². The van der Waals surface area contributed by atoms with Crippen LogP contribution in [0.4, 0.5) is 0 Å². The first-order valence-corrected chi connectivity index (χ1v) is 13.3. The van der Waals surface area contributed by atoms with Gasteiger partial charge in [-0.1, -0.05) is 90.9 Å². The van der Waals surface area contributed by atoms with Gasteiger partial charge in [-0.3, -0.25) is 9.59 Å². The summed E-state index contributed by atoms with van der Waals surface area (Å²) in [7, 11) is 0. The average molecular weight is 507 g/mol. The molecule has 3 atom stereocenters. The minimum atomic E-state index is -1.18. The van der Waals surface area contributed by atoms with Gasteiger partial charge in [-0.2, -0.15) is 0 Å². The first-order valence-electron chi connectivity index (χ1n) is 13.3. The van der Waals surface area contributed by atoms with Gasteiger partial charge in [-0.15, -0.1) is 12.4 Å². The zero-order chi connectivity index (χ0) is 24.9. The van der Waals surface area contributed by atoms with Crippen LogP contribution in [0.2, 0.25) is 0 Å². The van der Waals surface area contributed by atoms with E-state index >= 15 is 0 Å². The van der Waals surface area contributed by atoms with Crippen LogP contribution in [-0.4, -0.2) is 41.1 Å². The van der Waals surface area contributed by atoms with Crippen molar-refractivity contribution in [3.05, 3.63) is 0 Å². The van der Waals surface area contributed by atoms with Crippen molar-refractivity contribution < 1.29 is 24.2 Å². The zero-order valence-electron chi connectivity index (χ0n) is 21.8. The third-order valence-electron chi connectivity index (χ3n) is 6.05. The summed E-state index contributed by atoms with van der Waals surface area (Å²) in [5.74, 6) is -2.15. The molecule has 0 heterocycles. The highest BCUT2D eigenvalue weighted by molar-refractivity contribution is 5.86. The molecule has 0 radical (unpaired) electrons. The van der Waals surface area contributed by atoms with Gasteiger partial charge in [0.2, 0.25) is 5.91 Å². The number of aliphatic carboxylic acids is 1. The molecule has 0 saturated carbocycles. The predicted octanol–water partition coefficient (Wildman–Crippen LogP) is 5.91. The highest BCUT2D eigenvalue weighted by atomic mass is 35.5. The van der Waals surface area contributed by atoms with E-state index in [0.29, 0.717) is 0 Å². The van der Waals surface area contributed by atoms with Crippen molar-refractivity contribution in [3.8, 4) is 0 Å². The van der Waals surface area contributed by atoms with Crippen LogP contribution in [0.3, 0.4) is 0 Å². The zero-order valence-corrected chi connectivity index (χ0v) is 22.6. The molecule has 34 heavy (non-hydrogen) atoms. The molecule has 7 nitrogen and oxygen atoms in total. The molecule has 0 fully saturated rings. The Morgan fingerprint density at radius 1 is 0.824 bits per heavy atom. The van der Waals surface area contributed by atoms with Gasteiger partial charge in [0.1, 0.15) is 12.1 Å². The van der Waals surface area contributed by atoms with Gasteiger partial charge in [0.05, 0.1) is 6.04 Å². The number of esters is 1. The molecule has 0 spiro atoms. The number of amides is 1. The monoisotopic (exact) mass is 506 g/mol. The second kappa shape index (κ2) is 23.4. The summed E-state index contributed by atoms with van der Waals surface area (Å²) >= 11 is 0. The number of ether oxygens (including phenoxy) is 1. The van der Waals surface area contributed by atoms with Crippen LogP contribution in [0.15, 0.2) is 0 Å². The van der Waals surface area contributed by atoms with Crippen LogP contribution in [0.1, 0.15) is 130 Å². The highest BCUT2D eigenvalue weighted by Gasteiger charge is 2.23. The molecule has 0 aliphatic carbocycles. The second-order valence-electron chi connectivity index (χ2n) is 9.28. The fraction of sp³-hybridized carbons (Fsp3) is 0.885. The van der Waals surface area contributed by atoms with Gasteiger partial charge in [0.25, 0.3) is 0 Å². The van der Waals surface area contributed by atoms with Gasteiger partial charge in [-0.25, -0.2) is 4.79 Å². The smallest absolute Gasteiger partial charge is 0.326 e. The Bertz CT molecular complexity index is 531. The van der Waals surface area contributed by atoms with Crippen LogP contribution in [0, 0.1) is 0 Å². The topological polar surface area (TPSA) is 119 Å². The van der Waals surface area contributed by atoms with Crippen molar-refractivity contribution in [2.75, 3.05) is 0 Å². The molecule has 0 rings (SSSR count). The Morgan fingerprint density at radius 2 is 1.29 bits per heavy atom. The van der Waals surface area contributed by atoms with E-state index in [1.54, 1.807) is 0 Å². The summed E-state index contributed by atoms with van der Waals surface area (Å²) < 4.78 is 5.52. The van der Waals surface area contributed by atoms with E-state index in [-0.39, 0.29) is 31.4 Å². The van der Waals surface area contributed by atoms with Gasteiger partial charge in [0, 0.05) is 6.42 Å². The lowest BCUT2D eigenvalue weighted by molar-refractivity contribution is -0.150. The van der Waals surface area contributed by atoms with Crippen molar-refractivity contribution in [2.24, 2.45) is 5.73 Å². The largest absolute Gasteiger partial charge is 0.480 e. The van der Waals surface area contributed by atoms with Crippen molar-refractivity contribution in [3.63, 3.8) is 0 Å². The van der Waals surface area contributed by atoms with Gasteiger partial charge in [0.15, 0.2) is 0 Å². The summed E-state index contributed by atoms with van der Waals surface area (Å²) in [5, 5.41) is 11.6. The molecule has 0 aromatic rings. The number of hydrogen-bond acceptors (Lipinski definition) is 5. The third kappa shape index (κ3) is 20.1. The fourth-order valence-corrected chi connectivity index (χ4v) is 3.80. The Morgan fingerprint density at radius 3 is 1.71 bits per heavy atom. The summed E-state index contributed by atoms with van der Waals surface area (Å²) in [6, 6.07) is -1.94. The lowest BCUT2D eigenvalue weighted by Gasteiger charge is -2.18. The molecule has 0 aliphatic rings. The van der Waals surface area contributed by atoms with Crippen molar-refractivity contribution in [2.45, 2.75) is 148 Å². The number of carboxylic acids is 1. The van der Waals surface area contributed by atoms with E-state index in [1.807, 2.05) is 6.92 Å². The maximum Gasteiger partial charge on any atom is 0.326 e. The van der Waals surface area contributed by atoms with Crippen LogP contribution < -0.4 is 11.1 Å². The molecular weight excluding hydrogens is 456 g/mol. The van der Waals surface area contributed by atoms with E-state index in [4.69, 9.17) is 10.5 Å². The van der Waals surface area contributed by atoms with Crippen LogP contribution in [0.5, 0.6) is 0 Å². The molecular formula is C26H51ClN2O5. The molecule has 4 N–H and O–H groups in total. The molecule has 0 saturated heterocycles. The Hall–Kier alpha value is -1.34. The van der Waals surface area contributed by atoms with Crippen molar-refractivity contribution in [1.29, 1.82) is 0 Å². The highest BCUT2D eigenvalue weighted by Crippen LogP contribution is 2.15. The maximum absolute atomic E-state index is 12.1. The van der Waals surface area contributed by atoms with Crippen molar-refractivity contribution in [1.82, 2.24) is 5.32 Å². The lowest BCUT2D eigenvalue weighted by atomic mass is 10.0. The predicted molar refractivity (Wildman–Crippen MR) is 140 cm³/mol. The lowest BCUT2D eigenvalue weighted by Crippen LogP contribution is -2.47. The van der Waals surface area contributed by atoms with E-state index in [1.165, 1.54) is 77.6 Å². The molecule has 0 bridgehead atoms. The van der Waals surface area contributed by atoms with E-state index in [2.05, 4.69) is 12.2 Å². The number of hydrogen-bond donors (Lipinski definition) is 3. The summed E-state index contributed by atoms with van der Waals surface area (Å²) in [6.45, 7) is 5.72. The molecule has 202 valence electrons. The number of nitrogens with two attached hydrogens (primary N) is 1. The number of carbonyl (C=O) groups is 3. The second-order valence-corrected chi connectivity index (χ2v) is 9.28. The van der Waals surface area contributed by atoms with Crippen LogP contribution in [-0.2, 0) is 19.1 Å². The molecule has 0 aromatic carbocycles. The van der Waals surface area contributed by atoms with E-state index in [9.17, 15) is 19.5 Å². The van der Waals surface area contributed by atoms with Gasteiger partial charge < -0.3 is 20.9 Å². The number of carboxylic acid groups (broad SMARTS) is 1. The van der Waals surface area contributed by atoms with Crippen LogP contribution >= 0.6 is 12.4 Å². The first kappa shape index (κ1) is 34.8. The quantitative estimate of drug-likeness (QED) is 0.124. The fourth-order valence-electron chi connectivity index (χ4n) is 3.80.